The van der Waals surface area contributed by atoms with Crippen LogP contribution < -0.4 is 5.32 Å². The van der Waals surface area contributed by atoms with Gasteiger partial charge in [-0.1, -0.05) is 34.6 Å². The number of esters is 1. The van der Waals surface area contributed by atoms with E-state index in [1.165, 1.54) is 6.92 Å². The minimum absolute atomic E-state index is 0.202. The molecular formula is C39H72N2O11. The number of hydrogen-bond donors (Lipinski definition) is 6. The number of hydrogen-bond acceptors (Lipinski definition) is 13. The Bertz CT molecular complexity index is 1200. The highest BCUT2D eigenvalue weighted by atomic mass is 16.7. The van der Waals surface area contributed by atoms with E-state index in [1.54, 1.807) is 27.9 Å². The molecule has 0 spiro atoms. The molecule has 6 unspecified atom stereocenters. The standard InChI is InChI=1S/C39H72N2O11/c1-14-27-37(9,45)32(43)24(7)40-19-20(3)29-28(34(44)51-27)31(50-25-16-21(4)39(47,15-2)36(8,18-25)48-13)23(6)33(38(29,10)46)52-35-30(42)26(41(11)12)17-22(5)49-35/h20-33,35,40,42-43,45-47H,14-19H2,1-13H3/t20?,21-,22-,23+,24?,25-,26+,27-,28?,29?,30-,31+,32-,33-,35+,36?,37-,38-,39?/m1/s1. The van der Waals surface area contributed by atoms with Gasteiger partial charge in [-0.2, -0.15) is 0 Å². The molecule has 0 radical (unpaired) electrons. The van der Waals surface area contributed by atoms with Crippen molar-refractivity contribution in [3.05, 3.63) is 0 Å². The number of aliphatic hydroxyl groups is 5. The highest BCUT2D eigenvalue weighted by molar-refractivity contribution is 5.74. The molecule has 19 atom stereocenters. The van der Waals surface area contributed by atoms with Gasteiger partial charge in [-0.3, -0.25) is 4.79 Å². The van der Waals surface area contributed by atoms with Gasteiger partial charge in [0.25, 0.3) is 0 Å². The maximum absolute atomic E-state index is 14.8. The van der Waals surface area contributed by atoms with Crippen LogP contribution in [0.15, 0.2) is 0 Å². The quantitative estimate of drug-likeness (QED) is 0.200. The Morgan fingerprint density at radius 2 is 1.60 bits per heavy atom. The molecule has 2 aliphatic carbocycles. The van der Waals surface area contributed by atoms with Gasteiger partial charge in [0.05, 0.1) is 47.1 Å². The number of nitrogens with zero attached hydrogens (tertiary/aromatic N) is 1. The van der Waals surface area contributed by atoms with E-state index in [-0.39, 0.29) is 36.9 Å². The Kier molecular flexibility index (Phi) is 13.7. The maximum Gasteiger partial charge on any atom is 0.312 e. The van der Waals surface area contributed by atoms with Crippen LogP contribution in [0.25, 0.3) is 0 Å². The van der Waals surface area contributed by atoms with E-state index in [0.717, 1.165) is 0 Å². The minimum Gasteiger partial charge on any atom is -0.459 e. The van der Waals surface area contributed by atoms with Gasteiger partial charge in [-0.05, 0) is 92.8 Å². The van der Waals surface area contributed by atoms with Crippen molar-refractivity contribution in [2.45, 2.75) is 185 Å². The molecule has 0 bridgehead atoms. The molecule has 4 aliphatic rings. The molecule has 2 saturated heterocycles. The first-order chi connectivity index (χ1) is 24.0. The van der Waals surface area contributed by atoms with E-state index in [4.69, 9.17) is 23.7 Å². The second-order valence-electron chi connectivity index (χ2n) is 17.7. The Morgan fingerprint density at radius 3 is 2.15 bits per heavy atom. The van der Waals surface area contributed by atoms with Crippen LogP contribution in [-0.2, 0) is 28.5 Å². The number of nitrogens with one attached hydrogen (secondary N) is 1. The van der Waals surface area contributed by atoms with E-state index in [9.17, 15) is 30.3 Å². The van der Waals surface area contributed by atoms with Crippen molar-refractivity contribution < 1.29 is 54.0 Å². The number of rotatable bonds is 8. The smallest absolute Gasteiger partial charge is 0.312 e. The number of carbonyl (C=O) groups is 1. The summed E-state index contributed by atoms with van der Waals surface area (Å²) >= 11 is 0. The highest BCUT2D eigenvalue weighted by Gasteiger charge is 2.63. The molecule has 0 amide bonds. The lowest BCUT2D eigenvalue weighted by molar-refractivity contribution is -0.325. The first-order valence-electron chi connectivity index (χ1n) is 19.7. The number of methoxy groups -OCH3 is 1. The molecule has 4 fully saturated rings. The molecule has 0 aromatic heterocycles. The molecule has 0 aromatic carbocycles. The molecule has 6 N–H and O–H groups in total. The predicted octanol–water partition coefficient (Wildman–Crippen LogP) is 2.22. The molecule has 0 aromatic rings. The van der Waals surface area contributed by atoms with Gasteiger partial charge in [-0.25, -0.2) is 0 Å². The Balaban J connectivity index is 1.84. The van der Waals surface area contributed by atoms with Crippen LogP contribution in [0.5, 0.6) is 0 Å². The van der Waals surface area contributed by atoms with Crippen LogP contribution in [0, 0.1) is 29.6 Å². The summed E-state index contributed by atoms with van der Waals surface area (Å²) < 4.78 is 32.2. The normalized spacial score (nSPS) is 52.4. The third-order valence-electron chi connectivity index (χ3n) is 13.8. The number of likely N-dealkylation sites (N-methyl/N-ethyl adjacent to an activating group) is 1. The molecule has 52 heavy (non-hydrogen) atoms. The number of cyclic esters (lactones) is 1. The van der Waals surface area contributed by atoms with Gasteiger partial charge in [0, 0.05) is 37.5 Å². The lowest BCUT2D eigenvalue weighted by Gasteiger charge is -2.58. The molecule has 13 heteroatoms. The van der Waals surface area contributed by atoms with Gasteiger partial charge in [0.2, 0.25) is 0 Å². The fourth-order valence-electron chi connectivity index (χ4n) is 10.5. The van der Waals surface area contributed by atoms with Crippen molar-refractivity contribution in [2.24, 2.45) is 29.6 Å². The minimum atomic E-state index is -1.78. The van der Waals surface area contributed by atoms with E-state index < -0.39 is 95.1 Å². The van der Waals surface area contributed by atoms with E-state index in [2.05, 4.69) is 5.32 Å². The number of carbonyl (C=O) groups excluding carboxylic acids is 1. The summed E-state index contributed by atoms with van der Waals surface area (Å²) in [4.78, 5) is 16.7. The summed E-state index contributed by atoms with van der Waals surface area (Å²) in [5.41, 5.74) is -5.48. The molecule has 4 rings (SSSR count). The van der Waals surface area contributed by atoms with Crippen molar-refractivity contribution in [3.63, 3.8) is 0 Å². The molecule has 2 heterocycles. The van der Waals surface area contributed by atoms with Crippen LogP contribution in [0.1, 0.15) is 101 Å². The van der Waals surface area contributed by atoms with Crippen LogP contribution in [-0.4, -0.2) is 148 Å². The zero-order valence-corrected chi connectivity index (χ0v) is 34.0. The zero-order valence-electron chi connectivity index (χ0n) is 34.0. The van der Waals surface area contributed by atoms with E-state index >= 15 is 0 Å². The fraction of sp³-hybridized carbons (Fsp3) is 0.974. The van der Waals surface area contributed by atoms with Crippen molar-refractivity contribution in [1.29, 1.82) is 0 Å². The number of aliphatic hydroxyl groups excluding tert-OH is 2. The third kappa shape index (κ3) is 7.85. The lowest BCUT2D eigenvalue weighted by atomic mass is 9.58. The van der Waals surface area contributed by atoms with E-state index in [0.29, 0.717) is 25.7 Å². The van der Waals surface area contributed by atoms with Crippen molar-refractivity contribution >= 4 is 5.97 Å². The summed E-state index contributed by atoms with van der Waals surface area (Å²) in [7, 11) is 5.39. The second-order valence-corrected chi connectivity index (χ2v) is 17.7. The molecule has 2 aliphatic heterocycles. The first kappa shape index (κ1) is 43.8. The van der Waals surface area contributed by atoms with E-state index in [1.807, 2.05) is 60.5 Å². The van der Waals surface area contributed by atoms with Crippen LogP contribution in [0.2, 0.25) is 0 Å². The first-order valence-corrected chi connectivity index (χ1v) is 19.7. The SMILES string of the molecule is CC[C@H]1OC(=O)C2C(C(C)CNC(C)[C@@H](O)[C@]1(C)O)[C@@](C)(O)[C@H](O[C@@H]1O[C@H](C)C[C@H](N(C)C)[C@H]1O)[C@@H](C)[C@@H]2O[C@@H]1C[C@@H](C)C(O)(CC)C(C)(OC)C1. The summed E-state index contributed by atoms with van der Waals surface area (Å²) in [6.45, 7) is 18.6. The Labute approximate surface area is 312 Å². The predicted molar refractivity (Wildman–Crippen MR) is 195 cm³/mol. The lowest BCUT2D eigenvalue weighted by Crippen LogP contribution is -2.69. The topological polar surface area (TPSA) is 180 Å². The molecular weight excluding hydrogens is 672 g/mol. The summed E-state index contributed by atoms with van der Waals surface area (Å²) in [5, 5.41) is 62.4. The van der Waals surface area contributed by atoms with Crippen LogP contribution in [0.4, 0.5) is 0 Å². The van der Waals surface area contributed by atoms with Crippen LogP contribution >= 0.6 is 0 Å². The maximum atomic E-state index is 14.8. The van der Waals surface area contributed by atoms with Crippen molar-refractivity contribution in [2.75, 3.05) is 27.7 Å². The van der Waals surface area contributed by atoms with Gasteiger partial charge in [-0.15, -0.1) is 0 Å². The molecule has 304 valence electrons. The summed E-state index contributed by atoms with van der Waals surface area (Å²) in [6.07, 6.45) is -4.67. The Hall–Kier alpha value is -0.970. The van der Waals surface area contributed by atoms with Gasteiger partial charge in [0.1, 0.15) is 23.9 Å². The van der Waals surface area contributed by atoms with Gasteiger partial charge < -0.3 is 59.4 Å². The zero-order chi connectivity index (χ0) is 39.3. The fourth-order valence-corrected chi connectivity index (χ4v) is 10.5. The Morgan fingerprint density at radius 1 is 0.962 bits per heavy atom. The molecule has 2 saturated carbocycles. The second kappa shape index (κ2) is 16.3. The summed E-state index contributed by atoms with van der Waals surface area (Å²) in [6, 6.07) is -0.816. The number of fused-ring (bicyclic) bond motifs is 1. The largest absolute Gasteiger partial charge is 0.459 e. The van der Waals surface area contributed by atoms with Crippen LogP contribution in [0.3, 0.4) is 0 Å². The van der Waals surface area contributed by atoms with Gasteiger partial charge in [0.15, 0.2) is 6.29 Å². The van der Waals surface area contributed by atoms with Crippen molar-refractivity contribution in [3.8, 4) is 0 Å². The van der Waals surface area contributed by atoms with Gasteiger partial charge >= 0.3 is 5.97 Å². The molecule has 13 nitrogen and oxygen atoms in total. The average molecular weight is 745 g/mol. The summed E-state index contributed by atoms with van der Waals surface area (Å²) in [5.74, 6) is -3.67. The highest BCUT2D eigenvalue weighted by Crippen LogP contribution is 2.52. The third-order valence-corrected chi connectivity index (χ3v) is 13.8. The monoisotopic (exact) mass is 745 g/mol. The number of ether oxygens (including phenoxy) is 5. The van der Waals surface area contributed by atoms with Crippen molar-refractivity contribution in [1.82, 2.24) is 10.2 Å². The average Bonchev–Trinajstić information content (AvgIpc) is 3.08.